The second-order valence-corrected chi connectivity index (χ2v) is 7.49. The zero-order chi connectivity index (χ0) is 21.4. The molecule has 0 aliphatic carbocycles. The van der Waals surface area contributed by atoms with E-state index in [1.807, 2.05) is 0 Å². The lowest BCUT2D eigenvalue weighted by Gasteiger charge is -2.12. The molecule has 2 aromatic carbocycles. The molecule has 7 nitrogen and oxygen atoms in total. The van der Waals surface area contributed by atoms with E-state index in [0.717, 1.165) is 11.0 Å². The molecule has 0 unspecified atom stereocenters. The minimum absolute atomic E-state index is 0.0685. The van der Waals surface area contributed by atoms with E-state index in [-0.39, 0.29) is 27.1 Å². The summed E-state index contributed by atoms with van der Waals surface area (Å²) in [6.45, 7) is 0. The molecule has 1 aromatic heterocycles. The van der Waals surface area contributed by atoms with Gasteiger partial charge >= 0.3 is 0 Å². The van der Waals surface area contributed by atoms with Gasteiger partial charge in [-0.3, -0.25) is 19.7 Å². The van der Waals surface area contributed by atoms with E-state index < -0.39 is 21.9 Å². The van der Waals surface area contributed by atoms with Crippen molar-refractivity contribution in [1.82, 2.24) is 0 Å². The van der Waals surface area contributed by atoms with Crippen LogP contribution in [-0.4, -0.2) is 16.1 Å². The number of benzene rings is 2. The van der Waals surface area contributed by atoms with Gasteiger partial charge in [0.15, 0.2) is 0 Å². The lowest BCUT2D eigenvalue weighted by Crippen LogP contribution is -2.28. The second kappa shape index (κ2) is 7.77. The van der Waals surface area contributed by atoms with Crippen LogP contribution in [0, 0.1) is 15.9 Å². The number of nitro groups is 1. The molecule has 3 aromatic rings. The molecule has 0 bridgehead atoms. The van der Waals surface area contributed by atoms with Gasteiger partial charge in [-0.1, -0.05) is 23.7 Å². The van der Waals surface area contributed by atoms with Gasteiger partial charge in [0.1, 0.15) is 17.3 Å². The Kier molecular flexibility index (Phi) is 5.15. The third-order valence-electron chi connectivity index (χ3n) is 4.22. The van der Waals surface area contributed by atoms with Crippen LogP contribution < -0.4 is 4.90 Å². The number of furan rings is 1. The number of amides is 2. The minimum atomic E-state index is -0.686. The highest BCUT2D eigenvalue weighted by Gasteiger charge is 2.37. The summed E-state index contributed by atoms with van der Waals surface area (Å²) in [5.41, 5.74) is 0.153. The molecule has 2 amide bonds. The van der Waals surface area contributed by atoms with Crippen LogP contribution in [0.5, 0.6) is 0 Å². The number of hydrogen-bond donors (Lipinski definition) is 0. The van der Waals surface area contributed by atoms with Gasteiger partial charge in [0, 0.05) is 23.8 Å². The van der Waals surface area contributed by atoms with Crippen LogP contribution in [-0.2, 0) is 4.79 Å². The number of carbonyl (C=O) groups excluding carboxylic acids is 2. The fourth-order valence-corrected chi connectivity index (χ4v) is 3.91. The zero-order valence-electron chi connectivity index (χ0n) is 14.9. The van der Waals surface area contributed by atoms with E-state index >= 15 is 0 Å². The normalized spacial score (nSPS) is 15.3. The van der Waals surface area contributed by atoms with Crippen LogP contribution in [0.4, 0.5) is 20.6 Å². The third-order valence-corrected chi connectivity index (χ3v) is 5.40. The molecule has 0 spiro atoms. The monoisotopic (exact) mass is 444 g/mol. The number of anilines is 1. The van der Waals surface area contributed by atoms with Crippen LogP contribution >= 0.6 is 23.4 Å². The number of carbonyl (C=O) groups is 2. The lowest BCUT2D eigenvalue weighted by molar-refractivity contribution is -0.384. The maximum absolute atomic E-state index is 14.0. The maximum Gasteiger partial charge on any atom is 0.298 e. The van der Waals surface area contributed by atoms with Crippen molar-refractivity contribution in [2.75, 3.05) is 4.90 Å². The first-order valence-corrected chi connectivity index (χ1v) is 9.61. The van der Waals surface area contributed by atoms with E-state index in [1.165, 1.54) is 42.5 Å². The van der Waals surface area contributed by atoms with E-state index in [1.54, 1.807) is 12.1 Å². The topological polar surface area (TPSA) is 93.7 Å². The van der Waals surface area contributed by atoms with Gasteiger partial charge in [-0.2, -0.15) is 0 Å². The molecule has 4 rings (SSSR count). The molecule has 1 fully saturated rings. The highest BCUT2D eigenvalue weighted by atomic mass is 35.5. The minimum Gasteiger partial charge on any atom is -0.457 e. The Morgan fingerprint density at radius 3 is 2.60 bits per heavy atom. The smallest absolute Gasteiger partial charge is 0.298 e. The average Bonchev–Trinajstić information content (AvgIpc) is 3.27. The number of hydrogen-bond acceptors (Lipinski definition) is 6. The first kappa shape index (κ1) is 19.9. The summed E-state index contributed by atoms with van der Waals surface area (Å²) in [5.74, 6) is -0.761. The molecule has 0 N–H and O–H groups in total. The predicted molar refractivity (Wildman–Crippen MR) is 111 cm³/mol. The molecule has 0 atom stereocenters. The number of thioether (sulfide) groups is 1. The fourth-order valence-electron chi connectivity index (χ4n) is 2.83. The molecular weight excluding hydrogens is 435 g/mol. The standard InChI is InChI=1S/C20H10ClFN2O5S/c21-14-9-11(24(27)28)5-7-13(14)17-8-6-12(29-17)10-18-19(25)23(20(26)30-18)16-4-2-1-3-15(16)22/h1-10H/b18-10+. The molecule has 0 saturated carbocycles. The molecule has 1 aliphatic heterocycles. The third kappa shape index (κ3) is 3.60. The van der Waals surface area contributed by atoms with Crippen LogP contribution in [0.1, 0.15) is 5.76 Å². The summed E-state index contributed by atoms with van der Waals surface area (Å²) in [4.78, 5) is 36.0. The zero-order valence-corrected chi connectivity index (χ0v) is 16.4. The highest BCUT2D eigenvalue weighted by Crippen LogP contribution is 2.38. The number of rotatable bonds is 4. The number of nitrogens with zero attached hydrogens (tertiary/aromatic N) is 2. The Labute approximate surface area is 177 Å². The summed E-state index contributed by atoms with van der Waals surface area (Å²) in [6, 6.07) is 12.6. The predicted octanol–water partition coefficient (Wildman–Crippen LogP) is 5.89. The van der Waals surface area contributed by atoms with Crippen molar-refractivity contribution in [2.24, 2.45) is 0 Å². The van der Waals surface area contributed by atoms with Crippen LogP contribution in [0.2, 0.25) is 5.02 Å². The Morgan fingerprint density at radius 2 is 1.90 bits per heavy atom. The van der Waals surface area contributed by atoms with Gasteiger partial charge in [0.25, 0.3) is 16.8 Å². The molecular formula is C20H10ClFN2O5S. The first-order valence-electron chi connectivity index (χ1n) is 8.42. The number of nitro benzene ring substituents is 1. The van der Waals surface area contributed by atoms with Gasteiger partial charge in [0.05, 0.1) is 20.5 Å². The van der Waals surface area contributed by atoms with Crippen molar-refractivity contribution >= 4 is 52.0 Å². The number of para-hydroxylation sites is 1. The number of non-ortho nitro benzene ring substituents is 1. The SMILES string of the molecule is O=C1S/C(=C/c2ccc(-c3ccc([N+](=O)[O-])cc3Cl)o2)C(=O)N1c1ccccc1F. The van der Waals surface area contributed by atoms with Crippen LogP contribution in [0.3, 0.4) is 0 Å². The molecule has 10 heteroatoms. The summed E-state index contributed by atoms with van der Waals surface area (Å²) in [7, 11) is 0. The lowest BCUT2D eigenvalue weighted by atomic mass is 10.1. The van der Waals surface area contributed by atoms with Crippen molar-refractivity contribution in [3.05, 3.63) is 86.2 Å². The van der Waals surface area contributed by atoms with E-state index in [2.05, 4.69) is 0 Å². The second-order valence-electron chi connectivity index (χ2n) is 6.09. The fraction of sp³-hybridized carbons (Fsp3) is 0. The Balaban J connectivity index is 1.62. The van der Waals surface area contributed by atoms with E-state index in [4.69, 9.17) is 16.0 Å². The quantitative estimate of drug-likeness (QED) is 0.283. The van der Waals surface area contributed by atoms with Gasteiger partial charge in [0.2, 0.25) is 0 Å². The highest BCUT2D eigenvalue weighted by molar-refractivity contribution is 8.19. The maximum atomic E-state index is 14.0. The Morgan fingerprint density at radius 1 is 1.13 bits per heavy atom. The van der Waals surface area contributed by atoms with E-state index in [0.29, 0.717) is 23.1 Å². The molecule has 0 radical (unpaired) electrons. The Bertz CT molecular complexity index is 1240. The summed E-state index contributed by atoms with van der Waals surface area (Å²) < 4.78 is 19.7. The van der Waals surface area contributed by atoms with Crippen molar-refractivity contribution in [3.63, 3.8) is 0 Å². The van der Waals surface area contributed by atoms with Gasteiger partial charge in [-0.05, 0) is 42.1 Å². The summed E-state index contributed by atoms with van der Waals surface area (Å²) in [5, 5.41) is 10.3. The number of halogens is 2. The largest absolute Gasteiger partial charge is 0.457 e. The Hall–Kier alpha value is -3.43. The van der Waals surface area contributed by atoms with Gasteiger partial charge in [-0.25, -0.2) is 9.29 Å². The average molecular weight is 445 g/mol. The molecule has 30 heavy (non-hydrogen) atoms. The summed E-state index contributed by atoms with van der Waals surface area (Å²) in [6.07, 6.45) is 1.37. The van der Waals surface area contributed by atoms with E-state index in [9.17, 15) is 24.1 Å². The number of imide groups is 1. The van der Waals surface area contributed by atoms with Crippen molar-refractivity contribution < 1.29 is 23.3 Å². The molecule has 2 heterocycles. The molecule has 1 saturated heterocycles. The van der Waals surface area contributed by atoms with Gasteiger partial charge in [-0.15, -0.1) is 0 Å². The van der Waals surface area contributed by atoms with Gasteiger partial charge < -0.3 is 4.42 Å². The molecule has 150 valence electrons. The molecule has 1 aliphatic rings. The van der Waals surface area contributed by atoms with Crippen molar-refractivity contribution in [3.8, 4) is 11.3 Å². The van der Waals surface area contributed by atoms with Crippen LogP contribution in [0.15, 0.2) is 63.9 Å². The summed E-state index contributed by atoms with van der Waals surface area (Å²) >= 11 is 6.77. The first-order chi connectivity index (χ1) is 14.3. The van der Waals surface area contributed by atoms with Crippen LogP contribution in [0.25, 0.3) is 17.4 Å². The van der Waals surface area contributed by atoms with Crippen molar-refractivity contribution in [2.45, 2.75) is 0 Å². The van der Waals surface area contributed by atoms with Crippen molar-refractivity contribution in [1.29, 1.82) is 0 Å².